The Hall–Kier alpha value is -0.910. The molecule has 1 aliphatic carbocycles. The Kier molecular flexibility index (Phi) is 5.07. The largest absolute Gasteiger partial charge is 0.326 e. The number of sulfonamides is 1. The Labute approximate surface area is 128 Å². The first-order valence-electron chi connectivity index (χ1n) is 7.65. The molecule has 0 amide bonds. The van der Waals surface area contributed by atoms with Crippen LogP contribution in [0, 0.1) is 12.8 Å². The monoisotopic (exact) mass is 310 g/mol. The van der Waals surface area contributed by atoms with E-state index in [4.69, 9.17) is 5.73 Å². The number of nitrogens with zero attached hydrogens (tertiary/aromatic N) is 1. The van der Waals surface area contributed by atoms with Crippen LogP contribution in [-0.4, -0.2) is 25.8 Å². The normalized spacial score (nSPS) is 23.5. The molecule has 1 aromatic carbocycles. The lowest BCUT2D eigenvalue weighted by Gasteiger charge is -2.35. The van der Waals surface area contributed by atoms with Gasteiger partial charge in [0.05, 0.1) is 4.90 Å². The smallest absolute Gasteiger partial charge is 0.243 e. The summed E-state index contributed by atoms with van der Waals surface area (Å²) >= 11 is 0. The highest BCUT2D eigenvalue weighted by atomic mass is 32.2. The molecule has 118 valence electrons. The number of hydrogen-bond acceptors (Lipinski definition) is 3. The van der Waals surface area contributed by atoms with E-state index in [9.17, 15) is 8.42 Å². The molecule has 0 spiro atoms. The first kappa shape index (κ1) is 16.5. The van der Waals surface area contributed by atoms with Crippen molar-refractivity contribution < 1.29 is 8.42 Å². The van der Waals surface area contributed by atoms with E-state index in [1.54, 1.807) is 23.5 Å². The average molecular weight is 310 g/mol. The number of rotatable bonds is 4. The second kappa shape index (κ2) is 6.46. The van der Waals surface area contributed by atoms with E-state index in [0.717, 1.165) is 30.4 Å². The van der Waals surface area contributed by atoms with E-state index < -0.39 is 10.0 Å². The minimum Gasteiger partial charge on any atom is -0.326 e. The quantitative estimate of drug-likeness (QED) is 0.930. The summed E-state index contributed by atoms with van der Waals surface area (Å²) in [7, 11) is -1.71. The van der Waals surface area contributed by atoms with Gasteiger partial charge in [0.25, 0.3) is 0 Å². The van der Waals surface area contributed by atoms with Crippen molar-refractivity contribution >= 4 is 10.0 Å². The third-order valence-electron chi connectivity index (χ3n) is 4.67. The van der Waals surface area contributed by atoms with Gasteiger partial charge in [-0.05, 0) is 42.9 Å². The maximum Gasteiger partial charge on any atom is 0.243 e. The van der Waals surface area contributed by atoms with Crippen LogP contribution in [0.1, 0.15) is 43.7 Å². The van der Waals surface area contributed by atoms with Crippen molar-refractivity contribution in [1.29, 1.82) is 0 Å². The summed E-state index contributed by atoms with van der Waals surface area (Å²) in [5, 5.41) is 0. The van der Waals surface area contributed by atoms with Gasteiger partial charge >= 0.3 is 0 Å². The first-order valence-corrected chi connectivity index (χ1v) is 9.09. The summed E-state index contributed by atoms with van der Waals surface area (Å²) in [6.07, 6.45) is 4.38. The van der Waals surface area contributed by atoms with Gasteiger partial charge in [0, 0.05) is 19.6 Å². The van der Waals surface area contributed by atoms with Crippen molar-refractivity contribution in [3.8, 4) is 0 Å². The van der Waals surface area contributed by atoms with Gasteiger partial charge in [0.15, 0.2) is 0 Å². The lowest BCUT2D eigenvalue weighted by atomic mass is 9.86. The average Bonchev–Trinajstić information content (AvgIpc) is 2.46. The molecule has 0 heterocycles. The molecule has 0 bridgehead atoms. The molecule has 2 unspecified atom stereocenters. The third-order valence-corrected chi connectivity index (χ3v) is 6.71. The summed E-state index contributed by atoms with van der Waals surface area (Å²) in [6, 6.07) is 5.47. The number of nitrogens with two attached hydrogens (primary N) is 1. The topological polar surface area (TPSA) is 63.4 Å². The van der Waals surface area contributed by atoms with Crippen molar-refractivity contribution in [3.63, 3.8) is 0 Å². The summed E-state index contributed by atoms with van der Waals surface area (Å²) in [5.74, 6) is 0.419. The first-order chi connectivity index (χ1) is 9.87. The van der Waals surface area contributed by atoms with Gasteiger partial charge < -0.3 is 5.73 Å². The summed E-state index contributed by atoms with van der Waals surface area (Å²) in [4.78, 5) is 0.403. The second-order valence-electron chi connectivity index (χ2n) is 6.15. The molecule has 2 atom stereocenters. The lowest BCUT2D eigenvalue weighted by Crippen LogP contribution is -2.42. The molecule has 1 saturated carbocycles. The molecular formula is C16H26N2O2S. The second-order valence-corrected chi connectivity index (χ2v) is 8.12. The van der Waals surface area contributed by atoms with E-state index in [1.807, 2.05) is 13.0 Å². The van der Waals surface area contributed by atoms with Crippen LogP contribution >= 0.6 is 0 Å². The maximum absolute atomic E-state index is 12.9. The standard InChI is InChI=1S/C16H26N2O2S/c1-12-6-4-5-7-15(12)18(3)21(19,20)16-9-8-14(11-17)10-13(16)2/h8-10,12,15H,4-7,11,17H2,1-3H3. The van der Waals surface area contributed by atoms with Gasteiger partial charge in [-0.3, -0.25) is 0 Å². The zero-order chi connectivity index (χ0) is 15.6. The molecule has 1 aromatic rings. The van der Waals surface area contributed by atoms with Crippen LogP contribution in [0.2, 0.25) is 0 Å². The van der Waals surface area contributed by atoms with E-state index in [1.165, 1.54) is 6.42 Å². The zero-order valence-corrected chi connectivity index (χ0v) is 14.0. The van der Waals surface area contributed by atoms with Gasteiger partial charge in [-0.1, -0.05) is 31.9 Å². The molecule has 4 nitrogen and oxygen atoms in total. The predicted octanol–water partition coefficient (Wildman–Crippen LogP) is 2.65. The Balaban J connectivity index is 2.32. The minimum atomic E-state index is -3.43. The van der Waals surface area contributed by atoms with E-state index in [-0.39, 0.29) is 6.04 Å². The van der Waals surface area contributed by atoms with Crippen molar-refractivity contribution in [2.75, 3.05) is 7.05 Å². The number of hydrogen-bond donors (Lipinski definition) is 1. The SMILES string of the molecule is Cc1cc(CN)ccc1S(=O)(=O)N(C)C1CCCCC1C. The molecule has 0 radical (unpaired) electrons. The molecule has 2 rings (SSSR count). The van der Waals surface area contributed by atoms with Crippen LogP contribution in [-0.2, 0) is 16.6 Å². The van der Waals surface area contributed by atoms with Crippen LogP contribution in [0.3, 0.4) is 0 Å². The molecule has 2 N–H and O–H groups in total. The molecule has 0 aliphatic heterocycles. The van der Waals surface area contributed by atoms with E-state index >= 15 is 0 Å². The van der Waals surface area contributed by atoms with Gasteiger partial charge in [-0.15, -0.1) is 0 Å². The van der Waals surface area contributed by atoms with Crippen molar-refractivity contribution in [2.24, 2.45) is 11.7 Å². The van der Waals surface area contributed by atoms with Gasteiger partial charge in [0.1, 0.15) is 0 Å². The molecule has 0 aromatic heterocycles. The van der Waals surface area contributed by atoms with Gasteiger partial charge in [-0.25, -0.2) is 8.42 Å². The number of benzene rings is 1. The highest BCUT2D eigenvalue weighted by Crippen LogP contribution is 2.31. The van der Waals surface area contributed by atoms with E-state index in [2.05, 4.69) is 6.92 Å². The van der Waals surface area contributed by atoms with Crippen molar-refractivity contribution in [2.45, 2.75) is 57.0 Å². The summed E-state index contributed by atoms with van der Waals surface area (Å²) in [6.45, 7) is 4.42. The Bertz CT molecular complexity index is 598. The van der Waals surface area contributed by atoms with Crippen molar-refractivity contribution in [1.82, 2.24) is 4.31 Å². The number of aryl methyl sites for hydroxylation is 1. The Morgan fingerprint density at radius 1 is 1.29 bits per heavy atom. The highest BCUT2D eigenvalue weighted by Gasteiger charge is 2.33. The maximum atomic E-state index is 12.9. The zero-order valence-electron chi connectivity index (χ0n) is 13.2. The highest BCUT2D eigenvalue weighted by molar-refractivity contribution is 7.89. The Morgan fingerprint density at radius 2 is 1.95 bits per heavy atom. The summed E-state index contributed by atoms with van der Waals surface area (Å²) in [5.41, 5.74) is 7.34. The fraction of sp³-hybridized carbons (Fsp3) is 0.625. The van der Waals surface area contributed by atoms with E-state index in [0.29, 0.717) is 17.4 Å². The van der Waals surface area contributed by atoms with Gasteiger partial charge in [0.2, 0.25) is 10.0 Å². The van der Waals surface area contributed by atoms with Crippen LogP contribution in [0.25, 0.3) is 0 Å². The van der Waals surface area contributed by atoms with Gasteiger partial charge in [-0.2, -0.15) is 4.31 Å². The molecule has 0 saturated heterocycles. The fourth-order valence-corrected chi connectivity index (χ4v) is 4.98. The lowest BCUT2D eigenvalue weighted by molar-refractivity contribution is 0.213. The Morgan fingerprint density at radius 3 is 2.52 bits per heavy atom. The fourth-order valence-electron chi connectivity index (χ4n) is 3.30. The molecule has 1 aliphatic rings. The molecule has 1 fully saturated rings. The van der Waals surface area contributed by atoms with Crippen LogP contribution in [0.15, 0.2) is 23.1 Å². The van der Waals surface area contributed by atoms with Crippen molar-refractivity contribution in [3.05, 3.63) is 29.3 Å². The van der Waals surface area contributed by atoms with Crippen LogP contribution in [0.4, 0.5) is 0 Å². The van der Waals surface area contributed by atoms with Crippen LogP contribution in [0.5, 0.6) is 0 Å². The molecule has 21 heavy (non-hydrogen) atoms. The van der Waals surface area contributed by atoms with Crippen LogP contribution < -0.4 is 5.73 Å². The molecule has 5 heteroatoms. The minimum absolute atomic E-state index is 0.109. The predicted molar refractivity (Wildman–Crippen MR) is 85.4 cm³/mol. The third kappa shape index (κ3) is 3.30. The summed E-state index contributed by atoms with van der Waals surface area (Å²) < 4.78 is 27.4. The molecular weight excluding hydrogens is 284 g/mol.